The summed E-state index contributed by atoms with van der Waals surface area (Å²) < 4.78 is 33.5. The molecule has 1 amide bonds. The minimum absolute atomic E-state index is 0.00701. The number of benzene rings is 1. The van der Waals surface area contributed by atoms with Gasteiger partial charge in [-0.1, -0.05) is 13.8 Å². The van der Waals surface area contributed by atoms with E-state index in [4.69, 9.17) is 4.74 Å². The van der Waals surface area contributed by atoms with Crippen molar-refractivity contribution in [3.8, 4) is 0 Å². The fraction of sp³-hybridized carbons (Fsp3) is 0.650. The molecule has 0 bridgehead atoms. The maximum absolute atomic E-state index is 13.3. The lowest BCUT2D eigenvalue weighted by Crippen LogP contribution is -2.44. The van der Waals surface area contributed by atoms with Crippen molar-refractivity contribution in [2.75, 3.05) is 19.6 Å². The number of nitro benzene ring substituents is 1. The van der Waals surface area contributed by atoms with Gasteiger partial charge in [0.1, 0.15) is 5.60 Å². The number of carbonyl (C=O) groups excluding carboxylic acids is 1. The molecular weight excluding hydrogens is 410 g/mol. The number of hydrogen-bond acceptors (Lipinski definition) is 6. The van der Waals surface area contributed by atoms with E-state index in [9.17, 15) is 23.3 Å². The number of hydrogen-bond donors (Lipinski definition) is 0. The van der Waals surface area contributed by atoms with E-state index in [1.165, 1.54) is 33.5 Å². The van der Waals surface area contributed by atoms with Crippen LogP contribution in [0.3, 0.4) is 0 Å². The molecule has 1 heterocycles. The summed E-state index contributed by atoms with van der Waals surface area (Å²) >= 11 is 0. The van der Waals surface area contributed by atoms with Crippen molar-refractivity contribution in [2.45, 2.75) is 64.0 Å². The molecule has 168 valence electrons. The number of nitrogens with zero attached hydrogens (tertiary/aromatic N) is 3. The topological polar surface area (TPSA) is 110 Å². The zero-order valence-corrected chi connectivity index (χ0v) is 19.0. The van der Waals surface area contributed by atoms with Crippen molar-refractivity contribution in [1.29, 1.82) is 0 Å². The van der Waals surface area contributed by atoms with Gasteiger partial charge in [-0.25, -0.2) is 13.2 Å². The number of ether oxygens (including phenoxy) is 1. The second-order valence-electron chi connectivity index (χ2n) is 8.92. The molecule has 0 saturated carbocycles. The molecule has 0 spiro atoms. The molecule has 0 aromatic heterocycles. The molecule has 1 aromatic rings. The molecule has 1 atom stereocenters. The van der Waals surface area contributed by atoms with Crippen LogP contribution < -0.4 is 0 Å². The van der Waals surface area contributed by atoms with Crippen molar-refractivity contribution >= 4 is 21.8 Å². The molecule has 0 aliphatic carbocycles. The summed E-state index contributed by atoms with van der Waals surface area (Å²) in [7, 11) is -3.87. The number of amides is 1. The Bertz CT molecular complexity index is 862. The molecule has 0 radical (unpaired) electrons. The first kappa shape index (κ1) is 24.1. The molecule has 0 N–H and O–H groups in total. The highest BCUT2D eigenvalue weighted by molar-refractivity contribution is 7.89. The fourth-order valence-electron chi connectivity index (χ4n) is 3.23. The summed E-state index contributed by atoms with van der Waals surface area (Å²) in [6.07, 6.45) is 0.708. The summed E-state index contributed by atoms with van der Waals surface area (Å²) in [4.78, 5) is 24.2. The minimum Gasteiger partial charge on any atom is -0.444 e. The van der Waals surface area contributed by atoms with Crippen LogP contribution in [0.2, 0.25) is 0 Å². The van der Waals surface area contributed by atoms with Gasteiger partial charge in [0.25, 0.3) is 5.69 Å². The molecule has 1 aliphatic rings. The highest BCUT2D eigenvalue weighted by atomic mass is 32.2. The van der Waals surface area contributed by atoms with Gasteiger partial charge in [-0.15, -0.1) is 0 Å². The van der Waals surface area contributed by atoms with Gasteiger partial charge < -0.3 is 9.64 Å². The van der Waals surface area contributed by atoms with Gasteiger partial charge in [0, 0.05) is 37.8 Å². The predicted octanol–water partition coefficient (Wildman–Crippen LogP) is 3.64. The van der Waals surface area contributed by atoms with Crippen molar-refractivity contribution in [3.05, 3.63) is 34.4 Å². The summed E-state index contributed by atoms with van der Waals surface area (Å²) in [6, 6.07) is 4.52. The van der Waals surface area contributed by atoms with Gasteiger partial charge >= 0.3 is 6.09 Å². The van der Waals surface area contributed by atoms with Gasteiger partial charge in [-0.3, -0.25) is 10.1 Å². The summed E-state index contributed by atoms with van der Waals surface area (Å²) in [5, 5.41) is 10.9. The molecule has 30 heavy (non-hydrogen) atoms. The van der Waals surface area contributed by atoms with Crippen molar-refractivity contribution < 1.29 is 22.9 Å². The van der Waals surface area contributed by atoms with Crippen LogP contribution in [0.4, 0.5) is 10.5 Å². The highest BCUT2D eigenvalue weighted by Crippen LogP contribution is 2.27. The van der Waals surface area contributed by atoms with Crippen LogP contribution in [0.5, 0.6) is 0 Å². The quantitative estimate of drug-likeness (QED) is 0.472. The molecular formula is C20H31N3O6S. The Balaban J connectivity index is 2.25. The lowest BCUT2D eigenvalue weighted by atomic mass is 10.1. The largest absolute Gasteiger partial charge is 0.444 e. The average molecular weight is 442 g/mol. The second kappa shape index (κ2) is 9.30. The molecule has 1 saturated heterocycles. The molecule has 1 aliphatic heterocycles. The van der Waals surface area contributed by atoms with Crippen LogP contribution in [0, 0.1) is 16.0 Å². The van der Waals surface area contributed by atoms with Gasteiger partial charge in [0.2, 0.25) is 10.0 Å². The maximum atomic E-state index is 13.3. The Kier molecular flexibility index (Phi) is 7.46. The van der Waals surface area contributed by atoms with Gasteiger partial charge in [-0.2, -0.15) is 4.31 Å². The Labute approximate surface area is 178 Å². The van der Waals surface area contributed by atoms with E-state index < -0.39 is 26.6 Å². The molecule has 1 unspecified atom stereocenters. The van der Waals surface area contributed by atoms with E-state index >= 15 is 0 Å². The van der Waals surface area contributed by atoms with Crippen LogP contribution in [0.15, 0.2) is 29.2 Å². The zero-order chi connectivity index (χ0) is 22.7. The standard InChI is InChI=1S/C20H31N3O6S/c1-15(2)10-13-22(17-11-12-21(14-17)19(24)29-20(3,4)5)30(27,28)18-8-6-16(7-9-18)23(25)26/h6-9,15,17H,10-14H2,1-5H3. The first-order valence-electron chi connectivity index (χ1n) is 10.1. The van der Waals surface area contributed by atoms with E-state index in [2.05, 4.69) is 0 Å². The van der Waals surface area contributed by atoms with E-state index in [0.29, 0.717) is 31.8 Å². The lowest BCUT2D eigenvalue weighted by molar-refractivity contribution is -0.384. The van der Waals surface area contributed by atoms with E-state index in [-0.39, 0.29) is 23.2 Å². The number of non-ortho nitro benzene ring substituents is 1. The second-order valence-corrected chi connectivity index (χ2v) is 10.8. The van der Waals surface area contributed by atoms with Crippen LogP contribution in [0.1, 0.15) is 47.5 Å². The normalized spacial score (nSPS) is 17.6. The average Bonchev–Trinajstić information content (AvgIpc) is 3.10. The van der Waals surface area contributed by atoms with E-state index in [1.807, 2.05) is 13.8 Å². The van der Waals surface area contributed by atoms with E-state index in [0.717, 1.165) is 0 Å². The Morgan fingerprint density at radius 2 is 1.90 bits per heavy atom. The van der Waals surface area contributed by atoms with Crippen LogP contribution in [-0.4, -0.2) is 59.9 Å². The third-order valence-corrected chi connectivity index (χ3v) is 6.77. The van der Waals surface area contributed by atoms with E-state index in [1.54, 1.807) is 20.8 Å². The Morgan fingerprint density at radius 3 is 2.40 bits per heavy atom. The summed E-state index contributed by atoms with van der Waals surface area (Å²) in [6.45, 7) is 10.3. The molecule has 1 fully saturated rings. The lowest BCUT2D eigenvalue weighted by Gasteiger charge is -2.29. The number of nitro groups is 1. The smallest absolute Gasteiger partial charge is 0.410 e. The number of sulfonamides is 1. The van der Waals surface area contributed by atoms with Crippen LogP contribution in [0.25, 0.3) is 0 Å². The summed E-state index contributed by atoms with van der Waals surface area (Å²) in [5.74, 6) is 0.294. The molecule has 2 rings (SSSR count). The van der Waals surface area contributed by atoms with Crippen molar-refractivity contribution in [2.24, 2.45) is 5.92 Å². The third-order valence-electron chi connectivity index (χ3n) is 4.80. The summed E-state index contributed by atoms with van der Waals surface area (Å²) in [5.41, 5.74) is -0.795. The molecule has 1 aromatic carbocycles. The fourth-order valence-corrected chi connectivity index (χ4v) is 4.89. The highest BCUT2D eigenvalue weighted by Gasteiger charge is 2.38. The Hall–Kier alpha value is -2.20. The third kappa shape index (κ3) is 6.15. The first-order chi connectivity index (χ1) is 13.8. The van der Waals surface area contributed by atoms with Gasteiger partial charge in [-0.05, 0) is 51.7 Å². The Morgan fingerprint density at radius 1 is 1.30 bits per heavy atom. The number of likely N-dealkylation sites (tertiary alicyclic amines) is 1. The SMILES string of the molecule is CC(C)CCN(C1CCN(C(=O)OC(C)(C)C)C1)S(=O)(=O)c1ccc([N+](=O)[O-])cc1. The molecule has 10 heteroatoms. The maximum Gasteiger partial charge on any atom is 0.410 e. The predicted molar refractivity (Wildman–Crippen MR) is 113 cm³/mol. The minimum atomic E-state index is -3.87. The van der Waals surface area contributed by atoms with Crippen molar-refractivity contribution in [1.82, 2.24) is 9.21 Å². The van der Waals surface area contributed by atoms with Gasteiger partial charge in [0.05, 0.1) is 9.82 Å². The number of rotatable bonds is 7. The van der Waals surface area contributed by atoms with Gasteiger partial charge in [0.15, 0.2) is 0 Å². The first-order valence-corrected chi connectivity index (χ1v) is 11.5. The number of carbonyl (C=O) groups is 1. The van der Waals surface area contributed by atoms with Crippen molar-refractivity contribution in [3.63, 3.8) is 0 Å². The monoisotopic (exact) mass is 441 g/mol. The zero-order valence-electron chi connectivity index (χ0n) is 18.2. The molecule has 9 nitrogen and oxygen atoms in total. The van der Waals surface area contributed by atoms with Crippen LogP contribution in [-0.2, 0) is 14.8 Å². The van der Waals surface area contributed by atoms with Crippen LogP contribution >= 0.6 is 0 Å².